The third-order valence-corrected chi connectivity index (χ3v) is 4.73. The van der Waals surface area contributed by atoms with Crippen LogP contribution in [0.2, 0.25) is 5.02 Å². The van der Waals surface area contributed by atoms with Crippen LogP contribution in [0.3, 0.4) is 0 Å². The Morgan fingerprint density at radius 3 is 2.71 bits per heavy atom. The molecule has 1 unspecified atom stereocenters. The van der Waals surface area contributed by atoms with Crippen LogP contribution in [0.25, 0.3) is 0 Å². The molecule has 5 heteroatoms. The molecule has 0 bridgehead atoms. The van der Waals surface area contributed by atoms with E-state index in [9.17, 15) is 4.39 Å². The second kappa shape index (κ2) is 7.34. The summed E-state index contributed by atoms with van der Waals surface area (Å²) in [4.78, 5) is 5.97. The fourth-order valence-corrected chi connectivity index (χ4v) is 3.53. The average Bonchev–Trinajstić information content (AvgIpc) is 2.84. The molecule has 2 nitrogen and oxygen atoms in total. The van der Waals surface area contributed by atoms with Crippen molar-refractivity contribution in [3.05, 3.63) is 50.2 Å². The van der Waals surface area contributed by atoms with E-state index >= 15 is 0 Å². The quantitative estimate of drug-likeness (QED) is 0.817. The number of nitrogens with one attached hydrogen (secondary N) is 1. The maximum absolute atomic E-state index is 13.4. The predicted octanol–water partition coefficient (Wildman–Crippen LogP) is 4.90. The van der Waals surface area contributed by atoms with Gasteiger partial charge >= 0.3 is 0 Å². The van der Waals surface area contributed by atoms with E-state index in [1.807, 2.05) is 0 Å². The summed E-state index contributed by atoms with van der Waals surface area (Å²) in [7, 11) is 0. The zero-order valence-corrected chi connectivity index (χ0v) is 14.1. The van der Waals surface area contributed by atoms with Crippen LogP contribution in [0.5, 0.6) is 0 Å². The van der Waals surface area contributed by atoms with Gasteiger partial charge in [0, 0.05) is 4.88 Å². The molecule has 0 saturated heterocycles. The van der Waals surface area contributed by atoms with Crippen molar-refractivity contribution in [2.45, 2.75) is 39.7 Å². The number of thiazole rings is 1. The number of nitrogens with zero attached hydrogens (tertiary/aromatic N) is 1. The molecule has 0 aliphatic rings. The van der Waals surface area contributed by atoms with Crippen molar-refractivity contribution in [2.75, 3.05) is 6.54 Å². The van der Waals surface area contributed by atoms with Gasteiger partial charge in [0.05, 0.1) is 16.8 Å². The molecule has 1 aromatic heterocycles. The number of aryl methyl sites for hydroxylation is 2. The highest BCUT2D eigenvalue weighted by Gasteiger charge is 2.19. The first-order valence-corrected chi connectivity index (χ1v) is 8.40. The number of rotatable bonds is 6. The topological polar surface area (TPSA) is 24.9 Å². The van der Waals surface area contributed by atoms with Gasteiger partial charge in [-0.15, -0.1) is 11.3 Å². The van der Waals surface area contributed by atoms with Crippen molar-refractivity contribution in [1.29, 1.82) is 0 Å². The van der Waals surface area contributed by atoms with Gasteiger partial charge in [-0.25, -0.2) is 9.37 Å². The van der Waals surface area contributed by atoms with Gasteiger partial charge in [-0.1, -0.05) is 31.5 Å². The normalized spacial score (nSPS) is 12.6. The van der Waals surface area contributed by atoms with Gasteiger partial charge in [0.2, 0.25) is 0 Å². The minimum Gasteiger partial charge on any atom is -0.304 e. The first-order valence-electron chi connectivity index (χ1n) is 7.21. The Morgan fingerprint density at radius 1 is 1.38 bits per heavy atom. The molecule has 2 rings (SSSR count). The van der Waals surface area contributed by atoms with Crippen LogP contribution >= 0.6 is 22.9 Å². The van der Waals surface area contributed by atoms with E-state index in [-0.39, 0.29) is 16.9 Å². The molecule has 0 aliphatic heterocycles. The Bertz CT molecular complexity index is 612. The number of benzene rings is 1. The smallest absolute Gasteiger partial charge is 0.141 e. The molecule has 114 valence electrons. The third-order valence-electron chi connectivity index (χ3n) is 3.37. The zero-order chi connectivity index (χ0) is 15.4. The largest absolute Gasteiger partial charge is 0.304 e. The summed E-state index contributed by atoms with van der Waals surface area (Å²) in [5.41, 5.74) is 2.08. The third kappa shape index (κ3) is 3.82. The fourth-order valence-electron chi connectivity index (χ4n) is 2.23. The van der Waals surface area contributed by atoms with Crippen molar-refractivity contribution in [1.82, 2.24) is 10.3 Å². The predicted molar refractivity (Wildman–Crippen MR) is 87.8 cm³/mol. The molecule has 0 aliphatic carbocycles. The Hall–Kier alpha value is -0.970. The minimum atomic E-state index is -0.390. The Morgan fingerprint density at radius 2 is 2.14 bits per heavy atom. The molecule has 0 saturated carbocycles. The number of halogens is 2. The molecule has 2 aromatic rings. The first-order chi connectivity index (χ1) is 10.1. The highest BCUT2D eigenvalue weighted by atomic mass is 35.5. The highest BCUT2D eigenvalue weighted by Crippen LogP contribution is 2.30. The summed E-state index contributed by atoms with van der Waals surface area (Å²) in [5.74, 6) is -0.390. The van der Waals surface area contributed by atoms with Gasteiger partial charge in [-0.05, 0) is 44.0 Å². The molecule has 0 fully saturated rings. The molecule has 0 radical (unpaired) electrons. The molecule has 21 heavy (non-hydrogen) atoms. The highest BCUT2D eigenvalue weighted by molar-refractivity contribution is 7.11. The molecule has 1 atom stereocenters. The van der Waals surface area contributed by atoms with Crippen molar-refractivity contribution in [3.8, 4) is 0 Å². The molecule has 0 spiro atoms. The van der Waals surface area contributed by atoms with E-state index in [0.717, 1.165) is 35.7 Å². The lowest BCUT2D eigenvalue weighted by atomic mass is 10.1. The van der Waals surface area contributed by atoms with E-state index in [4.69, 9.17) is 16.6 Å². The first kappa shape index (κ1) is 16.4. The Labute approximate surface area is 134 Å². The number of hydrogen-bond acceptors (Lipinski definition) is 3. The van der Waals surface area contributed by atoms with Gasteiger partial charge in [0.1, 0.15) is 10.8 Å². The maximum atomic E-state index is 13.4. The average molecular weight is 327 g/mol. The monoisotopic (exact) mass is 326 g/mol. The summed E-state index contributed by atoms with van der Waals surface area (Å²) in [5, 5.41) is 4.65. The standard InChI is InChI=1S/C16H20ClFN2S/c1-4-8-19-15(11-6-7-13(18)12(17)9-11)16-20-14(5-2)10(3)21-16/h6-7,9,15,19H,4-5,8H2,1-3H3. The zero-order valence-electron chi connectivity index (χ0n) is 12.5. The lowest BCUT2D eigenvalue weighted by molar-refractivity contribution is 0.589. The summed E-state index contributed by atoms with van der Waals surface area (Å²) in [6.07, 6.45) is 1.95. The van der Waals surface area contributed by atoms with E-state index in [1.54, 1.807) is 23.5 Å². The van der Waals surface area contributed by atoms with Crippen LogP contribution in [0.4, 0.5) is 4.39 Å². The maximum Gasteiger partial charge on any atom is 0.141 e. The van der Waals surface area contributed by atoms with Crippen LogP contribution in [-0.2, 0) is 6.42 Å². The van der Waals surface area contributed by atoms with Gasteiger partial charge in [-0.2, -0.15) is 0 Å². The van der Waals surface area contributed by atoms with Gasteiger partial charge in [-0.3, -0.25) is 0 Å². The number of aromatic nitrogens is 1. The number of hydrogen-bond donors (Lipinski definition) is 1. The molecule has 1 heterocycles. The summed E-state index contributed by atoms with van der Waals surface area (Å²) < 4.78 is 13.4. The molecule has 1 N–H and O–H groups in total. The molecule has 0 amide bonds. The van der Waals surface area contributed by atoms with E-state index < -0.39 is 0 Å². The van der Waals surface area contributed by atoms with E-state index in [2.05, 4.69) is 26.1 Å². The van der Waals surface area contributed by atoms with E-state index in [1.165, 1.54) is 10.9 Å². The van der Waals surface area contributed by atoms with Gasteiger partial charge in [0.25, 0.3) is 0 Å². The van der Waals surface area contributed by atoms with Crippen LogP contribution in [0.1, 0.15) is 47.5 Å². The Balaban J connectivity index is 2.38. The summed E-state index contributed by atoms with van der Waals surface area (Å²) >= 11 is 7.62. The van der Waals surface area contributed by atoms with Crippen LogP contribution in [-0.4, -0.2) is 11.5 Å². The second-order valence-electron chi connectivity index (χ2n) is 4.97. The van der Waals surface area contributed by atoms with Crippen molar-refractivity contribution < 1.29 is 4.39 Å². The molecule has 1 aromatic carbocycles. The van der Waals surface area contributed by atoms with Crippen LogP contribution in [0.15, 0.2) is 18.2 Å². The van der Waals surface area contributed by atoms with Crippen molar-refractivity contribution >= 4 is 22.9 Å². The Kier molecular flexibility index (Phi) is 5.73. The van der Waals surface area contributed by atoms with Gasteiger partial charge < -0.3 is 5.32 Å². The lowest BCUT2D eigenvalue weighted by Crippen LogP contribution is -2.23. The van der Waals surface area contributed by atoms with Gasteiger partial charge in [0.15, 0.2) is 0 Å². The van der Waals surface area contributed by atoms with Crippen LogP contribution in [0, 0.1) is 12.7 Å². The summed E-state index contributed by atoms with van der Waals surface area (Å²) in [6, 6.07) is 4.84. The van der Waals surface area contributed by atoms with Crippen molar-refractivity contribution in [2.24, 2.45) is 0 Å². The lowest BCUT2D eigenvalue weighted by Gasteiger charge is -2.17. The van der Waals surface area contributed by atoms with E-state index in [0.29, 0.717) is 0 Å². The SMILES string of the molecule is CCCNC(c1ccc(F)c(Cl)c1)c1nc(CC)c(C)s1. The fraction of sp³-hybridized carbons (Fsp3) is 0.438. The second-order valence-corrected chi connectivity index (χ2v) is 6.61. The van der Waals surface area contributed by atoms with Crippen molar-refractivity contribution in [3.63, 3.8) is 0 Å². The minimum absolute atomic E-state index is 0.0351. The van der Waals surface area contributed by atoms with Crippen LogP contribution < -0.4 is 5.32 Å². The molecular weight excluding hydrogens is 307 g/mol. The molecular formula is C16H20ClFN2S. The summed E-state index contributed by atoms with van der Waals surface area (Å²) in [6.45, 7) is 7.19.